The van der Waals surface area contributed by atoms with Gasteiger partial charge < -0.3 is 19.3 Å². The number of halogens is 2. The van der Waals surface area contributed by atoms with Gasteiger partial charge in [-0.1, -0.05) is 65.7 Å². The van der Waals surface area contributed by atoms with Crippen molar-refractivity contribution in [2.45, 2.75) is 70.5 Å². The summed E-state index contributed by atoms with van der Waals surface area (Å²) >= 11 is 12.3. The van der Waals surface area contributed by atoms with Gasteiger partial charge in [-0.25, -0.2) is 13.2 Å². The second-order valence-electron chi connectivity index (χ2n) is 15.3. The molecular weight excluding hydrogens is 765 g/mol. The van der Waals surface area contributed by atoms with Gasteiger partial charge in [-0.05, 0) is 101 Å². The highest BCUT2D eigenvalue weighted by Crippen LogP contribution is 2.32. The zero-order chi connectivity index (χ0) is 40.3. The van der Waals surface area contributed by atoms with Crippen molar-refractivity contribution in [2.75, 3.05) is 37.0 Å². The van der Waals surface area contributed by atoms with E-state index < -0.39 is 39.8 Å². The van der Waals surface area contributed by atoms with E-state index in [0.29, 0.717) is 54.5 Å². The number of ketones is 1. The first kappa shape index (κ1) is 41.5. The van der Waals surface area contributed by atoms with Crippen LogP contribution in [0.4, 0.5) is 10.5 Å². The van der Waals surface area contributed by atoms with Gasteiger partial charge in [-0.15, -0.1) is 0 Å². The Balaban J connectivity index is 1.35. The Morgan fingerprint density at radius 2 is 1.33 bits per heavy atom. The molecule has 0 radical (unpaired) electrons. The summed E-state index contributed by atoms with van der Waals surface area (Å²) in [5.74, 6) is -1.11. The van der Waals surface area contributed by atoms with E-state index in [-0.39, 0.29) is 38.7 Å². The maximum absolute atomic E-state index is 14.0. The fourth-order valence-electron chi connectivity index (χ4n) is 6.20. The molecule has 1 fully saturated rings. The molecule has 0 atom stereocenters. The van der Waals surface area contributed by atoms with E-state index in [9.17, 15) is 27.6 Å². The highest BCUT2D eigenvalue weighted by Gasteiger charge is 2.31. The van der Waals surface area contributed by atoms with Crippen LogP contribution in [0.15, 0.2) is 83.8 Å². The van der Waals surface area contributed by atoms with Crippen molar-refractivity contribution in [3.8, 4) is 0 Å². The van der Waals surface area contributed by atoms with Crippen LogP contribution in [0, 0.1) is 0 Å². The SMILES string of the molecule is CC(C)(C)OC(=O)CN(c1ccc2c(C(=O)CCc3ccccc3C(=O)N3CCN(C(=O)OC(C)(C)C)CC3)cccc2c1)S(=O)(=O)c1cc(Cl)cc(Cl)c1. The zero-order valence-corrected chi connectivity index (χ0v) is 34.1. The van der Waals surface area contributed by atoms with Crippen molar-refractivity contribution in [3.05, 3.63) is 106 Å². The quantitative estimate of drug-likeness (QED) is 0.116. The predicted octanol–water partition coefficient (Wildman–Crippen LogP) is 8.19. The third-order valence-electron chi connectivity index (χ3n) is 8.66. The lowest BCUT2D eigenvalue weighted by atomic mass is 9.95. The van der Waals surface area contributed by atoms with Gasteiger partial charge in [-0.2, -0.15) is 0 Å². The number of carbonyl (C=O) groups excluding carboxylic acids is 4. The first-order valence-corrected chi connectivity index (χ1v) is 20.0. The first-order valence-electron chi connectivity index (χ1n) is 17.8. The number of nitrogens with zero attached hydrogens (tertiary/aromatic N) is 3. The van der Waals surface area contributed by atoms with Crippen LogP contribution in [0.1, 0.15) is 74.2 Å². The third-order valence-corrected chi connectivity index (χ3v) is 10.8. The number of aryl methyl sites for hydroxylation is 1. The van der Waals surface area contributed by atoms with E-state index in [1.807, 2.05) is 32.9 Å². The van der Waals surface area contributed by atoms with Gasteiger partial charge in [0.1, 0.15) is 17.7 Å². The maximum Gasteiger partial charge on any atom is 0.410 e. The number of Topliss-reactive ketones (excluding diaryl/α,β-unsaturated/α-hetero) is 1. The average molecular weight is 811 g/mol. The van der Waals surface area contributed by atoms with E-state index in [0.717, 1.165) is 9.87 Å². The number of benzene rings is 4. The Hall–Kier alpha value is -4.65. The second-order valence-corrected chi connectivity index (χ2v) is 18.0. The van der Waals surface area contributed by atoms with Crippen LogP contribution < -0.4 is 4.31 Å². The van der Waals surface area contributed by atoms with E-state index in [1.165, 1.54) is 24.3 Å². The van der Waals surface area contributed by atoms with E-state index in [4.69, 9.17) is 32.7 Å². The molecule has 5 rings (SSSR count). The van der Waals surface area contributed by atoms with E-state index in [1.54, 1.807) is 73.0 Å². The Bertz CT molecular complexity index is 2200. The van der Waals surface area contributed by atoms with Crippen molar-refractivity contribution >= 4 is 73.4 Å². The van der Waals surface area contributed by atoms with Crippen LogP contribution in [0.3, 0.4) is 0 Å². The van der Waals surface area contributed by atoms with Crippen LogP contribution in [0.25, 0.3) is 10.8 Å². The Kier molecular flexibility index (Phi) is 12.5. The number of esters is 1. The summed E-state index contributed by atoms with van der Waals surface area (Å²) in [6.45, 7) is 11.3. The molecule has 0 saturated carbocycles. The van der Waals surface area contributed by atoms with Gasteiger partial charge in [0.15, 0.2) is 5.78 Å². The van der Waals surface area contributed by atoms with Gasteiger partial charge in [-0.3, -0.25) is 18.7 Å². The lowest BCUT2D eigenvalue weighted by Gasteiger charge is -2.35. The van der Waals surface area contributed by atoms with Crippen molar-refractivity contribution in [1.29, 1.82) is 0 Å². The molecule has 0 bridgehead atoms. The molecule has 292 valence electrons. The predicted molar refractivity (Wildman–Crippen MR) is 214 cm³/mol. The summed E-state index contributed by atoms with van der Waals surface area (Å²) in [4.78, 5) is 56.1. The molecule has 0 aromatic heterocycles. The summed E-state index contributed by atoms with van der Waals surface area (Å²) in [6, 6.07) is 21.0. The number of anilines is 1. The smallest absolute Gasteiger partial charge is 0.410 e. The van der Waals surface area contributed by atoms with Crippen LogP contribution in [0.2, 0.25) is 10.0 Å². The highest BCUT2D eigenvalue weighted by atomic mass is 35.5. The van der Waals surface area contributed by atoms with Gasteiger partial charge in [0.25, 0.3) is 15.9 Å². The van der Waals surface area contributed by atoms with Crippen LogP contribution in [-0.2, 0) is 30.7 Å². The molecule has 4 aromatic carbocycles. The molecule has 55 heavy (non-hydrogen) atoms. The Morgan fingerprint density at radius 3 is 1.96 bits per heavy atom. The van der Waals surface area contributed by atoms with Gasteiger partial charge in [0.05, 0.1) is 10.6 Å². The molecule has 1 saturated heterocycles. The normalized spacial score (nSPS) is 13.7. The van der Waals surface area contributed by atoms with Gasteiger partial charge in [0, 0.05) is 53.8 Å². The fourth-order valence-corrected chi connectivity index (χ4v) is 8.33. The van der Waals surface area contributed by atoms with Gasteiger partial charge in [0.2, 0.25) is 0 Å². The summed E-state index contributed by atoms with van der Waals surface area (Å²) in [6.07, 6.45) is -0.00191. The first-order chi connectivity index (χ1) is 25.7. The number of sulfonamides is 1. The second kappa shape index (κ2) is 16.6. The standard InChI is InChI=1S/C41H45Cl2N3O8S/c1-40(2,3)53-37(48)26-46(55(51,52)32-24-29(42)23-30(43)25-32)31-15-16-33-28(22-31)11-9-13-35(33)36(47)17-14-27-10-7-8-12-34(27)38(49)44-18-20-45(21-19-44)39(50)54-41(4,5)6/h7-13,15-16,22-25H,14,17-21,26H2,1-6H3. The van der Waals surface area contributed by atoms with Crippen LogP contribution in [0.5, 0.6) is 0 Å². The molecule has 4 aromatic rings. The molecule has 1 aliphatic rings. The third kappa shape index (κ3) is 10.6. The lowest BCUT2D eigenvalue weighted by Crippen LogP contribution is -2.51. The number of hydrogen-bond donors (Lipinski definition) is 0. The zero-order valence-electron chi connectivity index (χ0n) is 31.7. The molecule has 0 spiro atoms. The highest BCUT2D eigenvalue weighted by molar-refractivity contribution is 7.92. The molecule has 0 N–H and O–H groups in total. The molecule has 14 heteroatoms. The number of amides is 2. The lowest BCUT2D eigenvalue weighted by molar-refractivity contribution is -0.152. The van der Waals surface area contributed by atoms with Crippen molar-refractivity contribution in [2.24, 2.45) is 0 Å². The summed E-state index contributed by atoms with van der Waals surface area (Å²) < 4.78 is 39.9. The van der Waals surface area contributed by atoms with E-state index >= 15 is 0 Å². The minimum absolute atomic E-state index is 0.103. The van der Waals surface area contributed by atoms with Crippen molar-refractivity contribution in [1.82, 2.24) is 9.80 Å². The molecule has 0 unspecified atom stereocenters. The summed E-state index contributed by atoms with van der Waals surface area (Å²) in [5.41, 5.74) is 0.332. The number of carbonyl (C=O) groups is 4. The number of rotatable bonds is 10. The maximum atomic E-state index is 14.0. The molecule has 2 amide bonds. The van der Waals surface area contributed by atoms with Crippen LogP contribution in [-0.4, -0.2) is 85.9 Å². The van der Waals surface area contributed by atoms with E-state index in [2.05, 4.69) is 0 Å². The summed E-state index contributed by atoms with van der Waals surface area (Å²) in [7, 11) is -4.37. The topological polar surface area (TPSA) is 131 Å². The number of ether oxygens (including phenoxy) is 2. The van der Waals surface area contributed by atoms with Crippen LogP contribution >= 0.6 is 23.2 Å². The number of piperazine rings is 1. The molecule has 1 heterocycles. The monoisotopic (exact) mass is 809 g/mol. The van der Waals surface area contributed by atoms with Gasteiger partial charge >= 0.3 is 12.1 Å². The Morgan fingerprint density at radius 1 is 0.727 bits per heavy atom. The minimum Gasteiger partial charge on any atom is -0.459 e. The molecule has 11 nitrogen and oxygen atoms in total. The molecular formula is C41H45Cl2N3O8S. The largest absolute Gasteiger partial charge is 0.459 e. The molecule has 0 aliphatic carbocycles. The fraction of sp³-hybridized carbons (Fsp3) is 0.366. The summed E-state index contributed by atoms with van der Waals surface area (Å²) in [5, 5.41) is 1.37. The minimum atomic E-state index is -4.37. The average Bonchev–Trinajstić information content (AvgIpc) is 3.10. The molecule has 1 aliphatic heterocycles. The van der Waals surface area contributed by atoms with Crippen molar-refractivity contribution in [3.63, 3.8) is 0 Å². The Labute approximate surface area is 332 Å². The van der Waals surface area contributed by atoms with Crippen molar-refractivity contribution < 1.29 is 37.1 Å². The number of hydrogen-bond acceptors (Lipinski definition) is 8. The number of fused-ring (bicyclic) bond motifs is 1.